The lowest BCUT2D eigenvalue weighted by molar-refractivity contribution is -0.123. The molecule has 0 unspecified atom stereocenters. The molecule has 0 saturated heterocycles. The molecule has 0 spiro atoms. The van der Waals surface area contributed by atoms with Crippen molar-refractivity contribution in [2.75, 3.05) is 0 Å². The average Bonchev–Trinajstić information content (AvgIpc) is 3.13. The van der Waals surface area contributed by atoms with E-state index in [-0.39, 0.29) is 24.4 Å². The molecule has 1 amide bonds. The molecule has 0 saturated carbocycles. The van der Waals surface area contributed by atoms with Gasteiger partial charge in [0.2, 0.25) is 5.91 Å². The third kappa shape index (κ3) is 3.08. The summed E-state index contributed by atoms with van der Waals surface area (Å²) >= 11 is 0. The number of benzene rings is 1. The van der Waals surface area contributed by atoms with E-state index in [0.29, 0.717) is 0 Å². The van der Waals surface area contributed by atoms with E-state index in [1.807, 2.05) is 31.2 Å². The zero-order chi connectivity index (χ0) is 16.4. The van der Waals surface area contributed by atoms with E-state index in [9.17, 15) is 4.79 Å². The van der Waals surface area contributed by atoms with E-state index >= 15 is 0 Å². The van der Waals surface area contributed by atoms with Crippen molar-refractivity contribution in [3.05, 3.63) is 41.9 Å². The van der Waals surface area contributed by atoms with Gasteiger partial charge in [-0.2, -0.15) is 0 Å². The minimum absolute atomic E-state index is 0.0789. The number of aryl methyl sites for hydroxylation is 1. The number of amides is 1. The first-order valence-electron chi connectivity index (χ1n) is 7.54. The van der Waals surface area contributed by atoms with E-state index in [2.05, 4.69) is 34.7 Å². The number of carbonyl (C=O) groups excluding carboxylic acids is 1. The monoisotopic (exact) mass is 313 g/mol. The molecular weight excluding hydrogens is 294 g/mol. The van der Waals surface area contributed by atoms with Crippen LogP contribution < -0.4 is 5.32 Å². The van der Waals surface area contributed by atoms with Crippen molar-refractivity contribution in [3.8, 4) is 0 Å². The summed E-state index contributed by atoms with van der Waals surface area (Å²) in [5.41, 5.74) is 1.89. The first kappa shape index (κ1) is 15.2. The normalized spacial score (nSPS) is 12.7. The first-order chi connectivity index (χ1) is 11.1. The van der Waals surface area contributed by atoms with Gasteiger partial charge in [0, 0.05) is 10.9 Å². The molecule has 2 aromatic heterocycles. The van der Waals surface area contributed by atoms with Crippen LogP contribution in [0.5, 0.6) is 0 Å². The molecule has 0 aliphatic heterocycles. The Morgan fingerprint density at radius 1 is 1.35 bits per heavy atom. The molecule has 120 valence electrons. The number of rotatable bonds is 5. The Morgan fingerprint density at radius 3 is 2.78 bits per heavy atom. The molecule has 1 atom stereocenters. The van der Waals surface area contributed by atoms with Crippen molar-refractivity contribution >= 4 is 16.9 Å². The molecule has 0 aliphatic rings. The Bertz CT molecular complexity index is 807. The van der Waals surface area contributed by atoms with Crippen molar-refractivity contribution in [1.82, 2.24) is 25.5 Å². The number of aromatic nitrogens is 4. The summed E-state index contributed by atoms with van der Waals surface area (Å²) in [7, 11) is 0. The van der Waals surface area contributed by atoms with E-state index in [1.165, 1.54) is 11.0 Å². The van der Waals surface area contributed by atoms with Crippen LogP contribution in [0.4, 0.5) is 0 Å². The predicted octanol–water partition coefficient (Wildman–Crippen LogP) is 2.24. The Balaban J connectivity index is 1.85. The smallest absolute Gasteiger partial charge is 0.242 e. The Hall–Kier alpha value is -2.70. The maximum Gasteiger partial charge on any atom is 0.242 e. The number of fused-ring (bicyclic) bond motifs is 1. The Morgan fingerprint density at radius 2 is 2.13 bits per heavy atom. The number of nitrogens with zero attached hydrogens (tertiary/aromatic N) is 4. The highest BCUT2D eigenvalue weighted by Crippen LogP contribution is 2.32. The third-order valence-corrected chi connectivity index (χ3v) is 3.84. The van der Waals surface area contributed by atoms with Crippen LogP contribution in [0.15, 0.2) is 35.0 Å². The second kappa shape index (κ2) is 6.20. The van der Waals surface area contributed by atoms with Gasteiger partial charge in [0.05, 0.1) is 6.04 Å². The highest BCUT2D eigenvalue weighted by molar-refractivity contribution is 5.82. The van der Waals surface area contributed by atoms with Crippen LogP contribution in [0.3, 0.4) is 0 Å². The van der Waals surface area contributed by atoms with Crippen LogP contribution in [0, 0.1) is 12.8 Å². The minimum Gasteiger partial charge on any atom is -0.459 e. The van der Waals surface area contributed by atoms with Crippen LogP contribution >= 0.6 is 0 Å². The first-order valence-corrected chi connectivity index (χ1v) is 7.54. The number of hydrogen-bond acceptors (Lipinski definition) is 5. The lowest BCUT2D eigenvalue weighted by Crippen LogP contribution is -2.34. The highest BCUT2D eigenvalue weighted by atomic mass is 16.3. The van der Waals surface area contributed by atoms with Crippen LogP contribution in [0.2, 0.25) is 0 Å². The summed E-state index contributed by atoms with van der Waals surface area (Å²) in [6, 6.07) is 7.68. The number of nitrogens with one attached hydrogen (secondary N) is 1. The van der Waals surface area contributed by atoms with Crippen molar-refractivity contribution in [2.45, 2.75) is 33.4 Å². The molecule has 7 heteroatoms. The second-order valence-electron chi connectivity index (χ2n) is 5.88. The van der Waals surface area contributed by atoms with Crippen LogP contribution in [-0.2, 0) is 11.3 Å². The number of carbonyl (C=O) groups is 1. The number of para-hydroxylation sites is 1. The molecule has 0 radical (unpaired) electrons. The summed E-state index contributed by atoms with van der Waals surface area (Å²) < 4.78 is 7.38. The van der Waals surface area contributed by atoms with Gasteiger partial charge in [-0.3, -0.25) is 4.79 Å². The molecule has 3 aromatic rings. The summed E-state index contributed by atoms with van der Waals surface area (Å²) in [5.74, 6) is 0.828. The fraction of sp³-hybridized carbons (Fsp3) is 0.375. The fourth-order valence-corrected chi connectivity index (χ4v) is 2.64. The van der Waals surface area contributed by atoms with E-state index in [0.717, 1.165) is 22.3 Å². The summed E-state index contributed by atoms with van der Waals surface area (Å²) in [4.78, 5) is 12.3. The molecular formula is C16H19N5O2. The molecule has 3 rings (SSSR count). The number of tetrazole rings is 1. The van der Waals surface area contributed by atoms with Gasteiger partial charge in [-0.05, 0) is 29.3 Å². The summed E-state index contributed by atoms with van der Waals surface area (Å²) in [6.45, 7) is 6.20. The van der Waals surface area contributed by atoms with Gasteiger partial charge >= 0.3 is 0 Å². The van der Waals surface area contributed by atoms with E-state index in [4.69, 9.17) is 4.42 Å². The number of hydrogen-bond donors (Lipinski definition) is 1. The molecule has 0 fully saturated rings. The van der Waals surface area contributed by atoms with Gasteiger partial charge < -0.3 is 9.73 Å². The second-order valence-corrected chi connectivity index (χ2v) is 5.88. The topological polar surface area (TPSA) is 85.8 Å². The molecule has 0 aliphatic carbocycles. The SMILES string of the molecule is Cc1c([C@@H](NC(=O)Cn2cnnn2)C(C)C)oc2ccccc12. The van der Waals surface area contributed by atoms with Crippen molar-refractivity contribution in [1.29, 1.82) is 0 Å². The summed E-state index contributed by atoms with van der Waals surface area (Å²) in [6.07, 6.45) is 1.41. The van der Waals surface area contributed by atoms with Gasteiger partial charge in [-0.1, -0.05) is 32.0 Å². The van der Waals surface area contributed by atoms with Crippen molar-refractivity contribution in [2.24, 2.45) is 5.92 Å². The Labute approximate surface area is 133 Å². The van der Waals surface area contributed by atoms with Crippen LogP contribution in [-0.4, -0.2) is 26.1 Å². The van der Waals surface area contributed by atoms with Gasteiger partial charge in [0.1, 0.15) is 24.2 Å². The van der Waals surface area contributed by atoms with Gasteiger partial charge in [-0.15, -0.1) is 5.10 Å². The maximum atomic E-state index is 12.3. The zero-order valence-electron chi connectivity index (χ0n) is 13.4. The highest BCUT2D eigenvalue weighted by Gasteiger charge is 2.25. The van der Waals surface area contributed by atoms with Crippen LogP contribution in [0.25, 0.3) is 11.0 Å². The minimum atomic E-state index is -0.202. The molecule has 2 heterocycles. The van der Waals surface area contributed by atoms with E-state index < -0.39 is 0 Å². The average molecular weight is 313 g/mol. The lowest BCUT2D eigenvalue weighted by Gasteiger charge is -2.21. The van der Waals surface area contributed by atoms with Crippen molar-refractivity contribution in [3.63, 3.8) is 0 Å². The molecule has 23 heavy (non-hydrogen) atoms. The molecule has 1 N–H and O–H groups in total. The largest absolute Gasteiger partial charge is 0.459 e. The number of furan rings is 1. The molecule has 0 bridgehead atoms. The standard InChI is InChI=1S/C16H19N5O2/c1-10(2)15(18-14(22)8-21-9-17-19-20-21)16-11(3)12-6-4-5-7-13(12)23-16/h4-7,9-10,15H,8H2,1-3H3,(H,18,22)/t15-/m0/s1. The summed E-state index contributed by atoms with van der Waals surface area (Å²) in [5, 5.41) is 14.8. The van der Waals surface area contributed by atoms with Gasteiger partial charge in [0.25, 0.3) is 0 Å². The lowest BCUT2D eigenvalue weighted by atomic mass is 9.98. The Kier molecular flexibility index (Phi) is 4.10. The van der Waals surface area contributed by atoms with Gasteiger partial charge in [-0.25, -0.2) is 4.68 Å². The maximum absolute atomic E-state index is 12.3. The van der Waals surface area contributed by atoms with Gasteiger partial charge in [0.15, 0.2) is 0 Å². The fourth-order valence-electron chi connectivity index (χ4n) is 2.64. The zero-order valence-corrected chi connectivity index (χ0v) is 13.4. The molecule has 1 aromatic carbocycles. The van der Waals surface area contributed by atoms with E-state index in [1.54, 1.807) is 0 Å². The molecule has 7 nitrogen and oxygen atoms in total. The quantitative estimate of drug-likeness (QED) is 0.780. The third-order valence-electron chi connectivity index (χ3n) is 3.84. The van der Waals surface area contributed by atoms with Crippen LogP contribution in [0.1, 0.15) is 31.2 Å². The van der Waals surface area contributed by atoms with Crippen molar-refractivity contribution < 1.29 is 9.21 Å². The predicted molar refractivity (Wildman–Crippen MR) is 84.5 cm³/mol.